The van der Waals surface area contributed by atoms with Crippen molar-refractivity contribution < 1.29 is 55.5 Å². The van der Waals surface area contributed by atoms with Crippen LogP contribution in [-0.2, 0) is 38.7 Å². The summed E-state index contributed by atoms with van der Waals surface area (Å²) >= 11 is 0. The Hall–Kier alpha value is -4.05. The van der Waals surface area contributed by atoms with E-state index in [1.807, 2.05) is 6.08 Å². The Kier molecular flexibility index (Phi) is 13.9. The van der Waals surface area contributed by atoms with Crippen LogP contribution >= 0.6 is 0 Å². The molecule has 2 atom stereocenters. The number of esters is 2. The normalized spacial score (nSPS) is 16.2. The highest BCUT2D eigenvalue weighted by Gasteiger charge is 2.44. The van der Waals surface area contributed by atoms with Crippen LogP contribution in [0.5, 0.6) is 17.2 Å². The molecule has 1 aromatic rings. The molecule has 0 spiro atoms. The number of benzene rings is 1. The number of methoxy groups -OCH3 is 2. The minimum Gasteiger partial charge on any atom is -0.496 e. The molecule has 0 radical (unpaired) electrons. The predicted molar refractivity (Wildman–Crippen MR) is 184 cm³/mol. The van der Waals surface area contributed by atoms with E-state index >= 15 is 0 Å². The molecule has 1 aromatic carbocycles. The van der Waals surface area contributed by atoms with Crippen LogP contribution in [0, 0.1) is 6.92 Å². The van der Waals surface area contributed by atoms with Gasteiger partial charge in [-0.2, -0.15) is 8.42 Å². The number of carbonyl (C=O) groups excluding carboxylic acids is 4. The van der Waals surface area contributed by atoms with Crippen molar-refractivity contribution in [2.45, 2.75) is 91.7 Å². The molecule has 0 N–H and O–H groups in total. The molecule has 0 aliphatic carbocycles. The quantitative estimate of drug-likeness (QED) is 0.109. The molecule has 1 aliphatic heterocycles. The second-order valence-electron chi connectivity index (χ2n) is 13.6. The van der Waals surface area contributed by atoms with Gasteiger partial charge in [-0.1, -0.05) is 31.4 Å². The minimum atomic E-state index is -4.18. The molecule has 2 amide bonds. The van der Waals surface area contributed by atoms with E-state index in [4.69, 9.17) is 27.9 Å². The van der Waals surface area contributed by atoms with Crippen LogP contribution in [0.1, 0.15) is 64.6 Å². The van der Waals surface area contributed by atoms with Gasteiger partial charge in [0.15, 0.2) is 11.5 Å². The Bertz CT molecular complexity index is 1570. The zero-order valence-corrected chi connectivity index (χ0v) is 32.3. The first kappa shape index (κ1) is 41.1. The maximum atomic E-state index is 14.8. The molecule has 0 bridgehead atoms. The van der Waals surface area contributed by atoms with Crippen molar-refractivity contribution >= 4 is 42.1 Å². The van der Waals surface area contributed by atoms with Gasteiger partial charge < -0.3 is 27.9 Å². The predicted octanol–water partition coefficient (Wildman–Crippen LogP) is 5.02. The van der Waals surface area contributed by atoms with Gasteiger partial charge in [-0.15, -0.1) is 0 Å². The Morgan fingerprint density at radius 3 is 2.12 bits per heavy atom. The fraction of sp³-hybridized carbons (Fsp3) is 0.576. The van der Waals surface area contributed by atoms with Gasteiger partial charge in [-0.05, 0) is 46.6 Å². The van der Waals surface area contributed by atoms with Crippen LogP contribution in [-0.4, -0.2) is 95.6 Å². The molecule has 0 aromatic heterocycles. The monoisotopic (exact) mass is 726 g/mol. The van der Waals surface area contributed by atoms with Gasteiger partial charge in [0, 0.05) is 31.2 Å². The lowest BCUT2D eigenvalue weighted by Gasteiger charge is -2.43. The van der Waals surface area contributed by atoms with E-state index in [1.165, 1.54) is 50.1 Å². The molecule has 0 saturated heterocycles. The molecule has 2 rings (SSSR count). The number of allylic oxidation sites excluding steroid dienone is 1. The maximum Gasteiger partial charge on any atom is 0.415 e. The van der Waals surface area contributed by atoms with Gasteiger partial charge in [-0.25, -0.2) is 4.79 Å². The smallest absolute Gasteiger partial charge is 0.415 e. The highest BCUT2D eigenvalue weighted by atomic mass is 32.2. The van der Waals surface area contributed by atoms with Gasteiger partial charge in [0.25, 0.3) is 5.91 Å². The van der Waals surface area contributed by atoms with Gasteiger partial charge in [0.05, 0.1) is 40.3 Å². The third-order valence-electron chi connectivity index (χ3n) is 6.95. The fourth-order valence-corrected chi connectivity index (χ4v) is 6.34. The molecule has 14 nitrogen and oxygen atoms in total. The lowest BCUT2D eigenvalue weighted by atomic mass is 9.97. The van der Waals surface area contributed by atoms with Gasteiger partial charge in [0.2, 0.25) is 0 Å². The van der Waals surface area contributed by atoms with Gasteiger partial charge >= 0.3 is 28.1 Å². The van der Waals surface area contributed by atoms with Crippen molar-refractivity contribution in [2.75, 3.05) is 33.7 Å². The van der Waals surface area contributed by atoms with E-state index in [-0.39, 0.29) is 34.9 Å². The molecule has 274 valence electrons. The lowest BCUT2D eigenvalue weighted by Crippen LogP contribution is -2.55. The summed E-state index contributed by atoms with van der Waals surface area (Å²) < 4.78 is 58.1. The number of carbonyl (C=O) groups is 4. The number of ether oxygens (including phenoxy) is 5. The summed E-state index contributed by atoms with van der Waals surface area (Å²) in [6.45, 7) is 14.5. The molecule has 0 saturated carbocycles. The Balaban J connectivity index is 2.99. The van der Waals surface area contributed by atoms with Crippen molar-refractivity contribution in [3.8, 4) is 17.2 Å². The van der Waals surface area contributed by atoms with E-state index in [9.17, 15) is 27.6 Å². The SMILES string of the molecule is COc1cc([C@H](COC(C)=O)N2C(=O)C(CC/C=C/[Si](C)(C)C)N(C(=O)OC(C)(C)C)C=C2COC(C)=O)c(OS(C)(=O)=O)c(OC)c1C. The van der Waals surface area contributed by atoms with E-state index < -0.39 is 73.0 Å². The second kappa shape index (κ2) is 16.6. The van der Waals surface area contributed by atoms with Crippen molar-refractivity contribution in [3.05, 3.63) is 40.9 Å². The highest BCUT2D eigenvalue weighted by Crippen LogP contribution is 2.46. The average Bonchev–Trinajstić information content (AvgIpc) is 2.94. The van der Waals surface area contributed by atoms with Crippen LogP contribution in [0.15, 0.2) is 29.7 Å². The summed E-state index contributed by atoms with van der Waals surface area (Å²) in [5.41, 5.74) is 1.66. The summed E-state index contributed by atoms with van der Waals surface area (Å²) in [5.74, 6) is -2.04. The fourth-order valence-electron chi connectivity index (χ4n) is 4.99. The summed E-state index contributed by atoms with van der Waals surface area (Å²) in [6, 6.07) is -0.968. The third kappa shape index (κ3) is 12.1. The van der Waals surface area contributed by atoms with Crippen molar-refractivity contribution in [2.24, 2.45) is 0 Å². The maximum absolute atomic E-state index is 14.8. The molecule has 16 heteroatoms. The van der Waals surface area contributed by atoms with Crippen molar-refractivity contribution in [1.82, 2.24) is 9.80 Å². The van der Waals surface area contributed by atoms with Crippen molar-refractivity contribution in [1.29, 1.82) is 0 Å². The molecule has 1 unspecified atom stereocenters. The largest absolute Gasteiger partial charge is 0.496 e. The molecular formula is C33H50N2O12SSi. The Morgan fingerprint density at radius 1 is 1.02 bits per heavy atom. The van der Waals surface area contributed by atoms with Crippen molar-refractivity contribution in [3.63, 3.8) is 0 Å². The van der Waals surface area contributed by atoms with E-state index in [2.05, 4.69) is 25.3 Å². The second-order valence-corrected chi connectivity index (χ2v) is 20.3. The Morgan fingerprint density at radius 2 is 1.63 bits per heavy atom. The molecule has 49 heavy (non-hydrogen) atoms. The molecule has 0 fully saturated rings. The lowest BCUT2D eigenvalue weighted by molar-refractivity contribution is -0.149. The number of nitrogens with zero attached hydrogens (tertiary/aromatic N) is 2. The van der Waals surface area contributed by atoms with E-state index in [0.29, 0.717) is 12.0 Å². The van der Waals surface area contributed by atoms with E-state index in [1.54, 1.807) is 27.7 Å². The number of hydrogen-bond acceptors (Lipinski definition) is 12. The summed E-state index contributed by atoms with van der Waals surface area (Å²) in [4.78, 5) is 55.0. The molecule has 1 heterocycles. The van der Waals surface area contributed by atoms with Crippen LogP contribution in [0.4, 0.5) is 4.79 Å². The standard InChI is InChI=1S/C33H50N2O12SSi/c1-21-28(42-7)17-25(30(29(21)43-8)47-48(9,40)41)27(20-45-23(3)37)35-24(19-44-22(2)36)18-34(32(39)46-33(4,5)6)26(31(35)38)15-13-14-16-49(10,11)12/h14,16-18,26-27H,13,15,19-20H2,1-12H3/b16-14+/t26?,27-/m0/s1. The summed E-state index contributed by atoms with van der Waals surface area (Å²) in [5, 5.41) is 0. The molecular weight excluding hydrogens is 677 g/mol. The minimum absolute atomic E-state index is 0.00834. The zero-order valence-electron chi connectivity index (χ0n) is 30.5. The van der Waals surface area contributed by atoms with Crippen LogP contribution in [0.25, 0.3) is 0 Å². The summed E-state index contributed by atoms with van der Waals surface area (Å²) in [7, 11) is -3.06. The first-order valence-corrected chi connectivity index (χ1v) is 21.0. The van der Waals surface area contributed by atoms with Crippen LogP contribution in [0.3, 0.4) is 0 Å². The number of hydrogen-bond donors (Lipinski definition) is 0. The first-order chi connectivity index (χ1) is 22.5. The van der Waals surface area contributed by atoms with Gasteiger partial charge in [0.1, 0.15) is 30.6 Å². The molecule has 1 aliphatic rings. The average molecular weight is 727 g/mol. The number of rotatable bonds is 14. The van der Waals surface area contributed by atoms with Crippen LogP contribution < -0.4 is 13.7 Å². The third-order valence-corrected chi connectivity index (χ3v) is 8.65. The summed E-state index contributed by atoms with van der Waals surface area (Å²) in [6.07, 6.45) is 3.95. The Labute approximate surface area is 290 Å². The van der Waals surface area contributed by atoms with E-state index in [0.717, 1.165) is 6.26 Å². The van der Waals surface area contributed by atoms with Gasteiger partial charge in [-0.3, -0.25) is 24.2 Å². The first-order valence-electron chi connectivity index (χ1n) is 15.6. The topological polar surface area (TPSA) is 164 Å². The zero-order chi connectivity index (χ0) is 37.5. The number of amides is 2. The highest BCUT2D eigenvalue weighted by molar-refractivity contribution is 7.86. The van der Waals surface area contributed by atoms with Crippen LogP contribution in [0.2, 0.25) is 19.6 Å².